The van der Waals surface area contributed by atoms with E-state index in [-0.39, 0.29) is 0 Å². The van der Waals surface area contributed by atoms with Crippen LogP contribution in [-0.2, 0) is 19.9 Å². The predicted octanol–water partition coefficient (Wildman–Crippen LogP) is 4.34. The smallest absolute Gasteiger partial charge is 0.233 e. The van der Waals surface area contributed by atoms with Crippen LogP contribution in [0.4, 0.5) is 0 Å². The molecule has 2 aromatic heterocycles. The lowest BCUT2D eigenvalue weighted by molar-refractivity contribution is -0.644. The number of rotatable bonds is 5. The highest BCUT2D eigenvalue weighted by molar-refractivity contribution is 5.71. The van der Waals surface area contributed by atoms with Crippen molar-refractivity contribution in [1.82, 2.24) is 4.40 Å². The van der Waals surface area contributed by atoms with Crippen LogP contribution in [0, 0.1) is 0 Å². The van der Waals surface area contributed by atoms with Gasteiger partial charge in [-0.05, 0) is 24.0 Å². The van der Waals surface area contributed by atoms with Crippen LogP contribution < -0.4 is 4.57 Å². The highest BCUT2D eigenvalue weighted by Crippen LogP contribution is 2.30. The SMILES string of the molecule is CCCc1c(-c2ccccc2)cn2cc[n+](C)c2c1CCC. The Labute approximate surface area is 133 Å². The first-order valence-electron chi connectivity index (χ1n) is 8.32. The zero-order valence-corrected chi connectivity index (χ0v) is 13.8. The standard InChI is InChI=1S/C20H25N2/c1-4-9-17-18(10-5-2)20-21(3)13-14-22(20)15-19(17)16-11-7-6-8-12-16/h6-8,11-15H,4-5,9-10H2,1-3H3/q+1. The topological polar surface area (TPSA) is 8.29 Å². The Hall–Kier alpha value is -2.09. The average molecular weight is 293 g/mol. The second-order valence-electron chi connectivity index (χ2n) is 6.01. The number of fused-ring (bicyclic) bond motifs is 1. The van der Waals surface area contributed by atoms with Gasteiger partial charge in [0.2, 0.25) is 0 Å². The maximum atomic E-state index is 2.30. The van der Waals surface area contributed by atoms with E-state index >= 15 is 0 Å². The van der Waals surface area contributed by atoms with Gasteiger partial charge in [-0.25, -0.2) is 8.97 Å². The summed E-state index contributed by atoms with van der Waals surface area (Å²) >= 11 is 0. The highest BCUT2D eigenvalue weighted by atomic mass is 15.1. The van der Waals surface area contributed by atoms with Crippen molar-refractivity contribution in [3.63, 3.8) is 0 Å². The van der Waals surface area contributed by atoms with Crippen LogP contribution >= 0.6 is 0 Å². The van der Waals surface area contributed by atoms with Crippen LogP contribution in [-0.4, -0.2) is 4.40 Å². The maximum absolute atomic E-state index is 2.30. The molecular formula is C20H25N2+. The molecule has 2 heterocycles. The molecule has 0 atom stereocenters. The molecule has 0 unspecified atom stereocenters. The average Bonchev–Trinajstić information content (AvgIpc) is 2.91. The molecule has 0 aliphatic heterocycles. The lowest BCUT2D eigenvalue weighted by Crippen LogP contribution is -2.27. The van der Waals surface area contributed by atoms with E-state index in [0.29, 0.717) is 0 Å². The van der Waals surface area contributed by atoms with Gasteiger partial charge in [-0.1, -0.05) is 57.0 Å². The second-order valence-corrected chi connectivity index (χ2v) is 6.01. The molecule has 2 nitrogen and oxygen atoms in total. The fourth-order valence-electron chi connectivity index (χ4n) is 3.40. The third-order valence-electron chi connectivity index (χ3n) is 4.34. The van der Waals surface area contributed by atoms with Gasteiger partial charge in [-0.15, -0.1) is 0 Å². The summed E-state index contributed by atoms with van der Waals surface area (Å²) < 4.78 is 4.53. The normalized spacial score (nSPS) is 11.2. The molecule has 0 radical (unpaired) electrons. The van der Waals surface area contributed by atoms with E-state index in [0.717, 1.165) is 12.8 Å². The van der Waals surface area contributed by atoms with Crippen molar-refractivity contribution in [2.24, 2.45) is 7.05 Å². The fourth-order valence-corrected chi connectivity index (χ4v) is 3.40. The Bertz CT molecular complexity index is 769. The van der Waals surface area contributed by atoms with Crippen molar-refractivity contribution >= 4 is 5.65 Å². The van der Waals surface area contributed by atoms with Gasteiger partial charge in [-0.2, -0.15) is 0 Å². The summed E-state index contributed by atoms with van der Waals surface area (Å²) in [6.07, 6.45) is 11.2. The van der Waals surface area contributed by atoms with E-state index < -0.39 is 0 Å². The van der Waals surface area contributed by atoms with Crippen LogP contribution in [0.15, 0.2) is 48.9 Å². The van der Waals surface area contributed by atoms with E-state index in [2.05, 4.69) is 78.8 Å². The van der Waals surface area contributed by atoms with E-state index in [1.165, 1.54) is 40.7 Å². The monoisotopic (exact) mass is 293 g/mol. The first kappa shape index (κ1) is 14.8. The van der Waals surface area contributed by atoms with Gasteiger partial charge >= 0.3 is 0 Å². The molecule has 22 heavy (non-hydrogen) atoms. The van der Waals surface area contributed by atoms with Gasteiger partial charge in [0.05, 0.1) is 7.05 Å². The molecule has 0 N–H and O–H groups in total. The second kappa shape index (κ2) is 6.35. The molecule has 2 heteroatoms. The number of benzene rings is 1. The van der Waals surface area contributed by atoms with Crippen LogP contribution in [0.3, 0.4) is 0 Å². The van der Waals surface area contributed by atoms with Crippen molar-refractivity contribution < 1.29 is 4.57 Å². The number of imidazole rings is 1. The Balaban J connectivity index is 2.33. The van der Waals surface area contributed by atoms with Crippen molar-refractivity contribution in [3.05, 3.63) is 60.0 Å². The van der Waals surface area contributed by atoms with Crippen LogP contribution in [0.25, 0.3) is 16.8 Å². The third kappa shape index (κ3) is 2.54. The van der Waals surface area contributed by atoms with Crippen molar-refractivity contribution in [2.75, 3.05) is 0 Å². The molecule has 0 aliphatic rings. The predicted molar refractivity (Wildman–Crippen MR) is 92.0 cm³/mol. The van der Waals surface area contributed by atoms with Gasteiger partial charge in [-0.3, -0.25) is 0 Å². The summed E-state index contributed by atoms with van der Waals surface area (Å²) in [7, 11) is 2.15. The number of aryl methyl sites for hydroxylation is 2. The van der Waals surface area contributed by atoms with Gasteiger partial charge in [0, 0.05) is 11.1 Å². The van der Waals surface area contributed by atoms with Crippen molar-refractivity contribution in [3.8, 4) is 11.1 Å². The molecule has 114 valence electrons. The summed E-state index contributed by atoms with van der Waals surface area (Å²) in [5.74, 6) is 0. The summed E-state index contributed by atoms with van der Waals surface area (Å²) in [5, 5.41) is 0. The van der Waals surface area contributed by atoms with Gasteiger partial charge in [0.15, 0.2) is 0 Å². The quantitative estimate of drug-likeness (QED) is 0.619. The van der Waals surface area contributed by atoms with Crippen molar-refractivity contribution in [2.45, 2.75) is 39.5 Å². The Morgan fingerprint density at radius 1 is 0.955 bits per heavy atom. The van der Waals surface area contributed by atoms with E-state index in [1.54, 1.807) is 0 Å². The largest absolute Gasteiger partial charge is 0.289 e. The van der Waals surface area contributed by atoms with E-state index in [1.807, 2.05) is 0 Å². The van der Waals surface area contributed by atoms with Crippen LogP contribution in [0.1, 0.15) is 37.8 Å². The lowest BCUT2D eigenvalue weighted by atomic mass is 9.92. The molecule has 0 saturated heterocycles. The Morgan fingerprint density at radius 3 is 2.32 bits per heavy atom. The molecule has 0 aliphatic carbocycles. The molecule has 3 aromatic rings. The first-order valence-corrected chi connectivity index (χ1v) is 8.32. The van der Waals surface area contributed by atoms with E-state index in [4.69, 9.17) is 0 Å². The number of hydrogen-bond acceptors (Lipinski definition) is 0. The number of aromatic nitrogens is 2. The molecule has 0 spiro atoms. The summed E-state index contributed by atoms with van der Waals surface area (Å²) in [6.45, 7) is 4.54. The van der Waals surface area contributed by atoms with Gasteiger partial charge in [0.1, 0.15) is 18.6 Å². The van der Waals surface area contributed by atoms with Crippen LogP contribution in [0.5, 0.6) is 0 Å². The summed E-state index contributed by atoms with van der Waals surface area (Å²) in [6, 6.07) is 10.8. The molecule has 0 fully saturated rings. The molecule has 3 rings (SSSR count). The number of nitrogens with zero attached hydrogens (tertiary/aromatic N) is 2. The minimum Gasteiger partial charge on any atom is -0.233 e. The van der Waals surface area contributed by atoms with E-state index in [9.17, 15) is 0 Å². The molecule has 1 aromatic carbocycles. The minimum atomic E-state index is 1.14. The first-order chi connectivity index (χ1) is 10.8. The Morgan fingerprint density at radius 2 is 1.64 bits per heavy atom. The molecule has 0 saturated carbocycles. The lowest BCUT2D eigenvalue weighted by Gasteiger charge is -2.14. The molecule has 0 bridgehead atoms. The zero-order chi connectivity index (χ0) is 15.5. The van der Waals surface area contributed by atoms with Crippen molar-refractivity contribution in [1.29, 1.82) is 0 Å². The van der Waals surface area contributed by atoms with Gasteiger partial charge in [0.25, 0.3) is 5.65 Å². The minimum absolute atomic E-state index is 1.14. The maximum Gasteiger partial charge on any atom is 0.289 e. The molecular weight excluding hydrogens is 268 g/mol. The van der Waals surface area contributed by atoms with Gasteiger partial charge < -0.3 is 0 Å². The fraction of sp³-hybridized carbons (Fsp3) is 0.350. The number of hydrogen-bond donors (Lipinski definition) is 0. The van der Waals surface area contributed by atoms with Crippen LogP contribution in [0.2, 0.25) is 0 Å². The summed E-state index contributed by atoms with van der Waals surface area (Å²) in [5.41, 5.74) is 7.08. The third-order valence-corrected chi connectivity index (χ3v) is 4.34. The highest BCUT2D eigenvalue weighted by Gasteiger charge is 2.20. The Kier molecular flexibility index (Phi) is 4.28. The zero-order valence-electron chi connectivity index (χ0n) is 13.8. The molecule has 0 amide bonds. The number of pyridine rings is 1. The summed E-state index contributed by atoms with van der Waals surface area (Å²) in [4.78, 5) is 0.